The molecule has 4 rings (SSSR count). The van der Waals surface area contributed by atoms with Crippen LogP contribution in [0.3, 0.4) is 0 Å². The lowest BCUT2D eigenvalue weighted by Gasteiger charge is -2.29. The van der Waals surface area contributed by atoms with Gasteiger partial charge in [-0.05, 0) is 40.8 Å². The summed E-state index contributed by atoms with van der Waals surface area (Å²) in [5.41, 5.74) is 4.91. The lowest BCUT2D eigenvalue weighted by Crippen LogP contribution is -2.32. The Morgan fingerprint density at radius 1 is 0.864 bits per heavy atom. The summed E-state index contributed by atoms with van der Waals surface area (Å²) in [7, 11) is 0. The molecule has 22 heavy (non-hydrogen) atoms. The van der Waals surface area contributed by atoms with Crippen molar-refractivity contribution in [3.63, 3.8) is 0 Å². The number of fused-ring (bicyclic) bond motifs is 1. The molecule has 0 unspecified atom stereocenters. The van der Waals surface area contributed by atoms with Gasteiger partial charge in [-0.3, -0.25) is 0 Å². The monoisotopic (exact) mass is 304 g/mol. The predicted octanol–water partition coefficient (Wildman–Crippen LogP) is 4.63. The number of benzene rings is 2. The van der Waals surface area contributed by atoms with Crippen molar-refractivity contribution in [3.05, 3.63) is 78.5 Å². The van der Waals surface area contributed by atoms with Crippen molar-refractivity contribution in [2.45, 2.75) is 0 Å². The van der Waals surface area contributed by atoms with Crippen molar-refractivity contribution >= 4 is 23.4 Å². The van der Waals surface area contributed by atoms with Crippen LogP contribution in [0.2, 0.25) is 0 Å². The van der Waals surface area contributed by atoms with Crippen LogP contribution in [-0.4, -0.2) is 23.0 Å². The molecular weight excluding hydrogens is 288 g/mol. The molecule has 2 aliphatic rings. The Bertz CT molecular complexity index is 758. The van der Waals surface area contributed by atoms with E-state index in [9.17, 15) is 0 Å². The summed E-state index contributed by atoms with van der Waals surface area (Å²) in [6, 6.07) is 19.2. The average Bonchev–Trinajstić information content (AvgIpc) is 2.62. The molecule has 2 aromatic carbocycles. The molecule has 108 valence electrons. The van der Waals surface area contributed by atoms with E-state index < -0.39 is 0 Å². The minimum absolute atomic E-state index is 1.03. The second kappa shape index (κ2) is 5.85. The lowest BCUT2D eigenvalue weighted by molar-refractivity contribution is 0.594. The zero-order valence-corrected chi connectivity index (χ0v) is 13.0. The van der Waals surface area contributed by atoms with Gasteiger partial charge >= 0.3 is 0 Å². The molecular formula is C19H16N2S. The van der Waals surface area contributed by atoms with E-state index in [1.54, 1.807) is 11.9 Å². The second-order valence-electron chi connectivity index (χ2n) is 5.31. The molecule has 0 spiro atoms. The minimum atomic E-state index is 1.03. The maximum absolute atomic E-state index is 4.63. The Balaban J connectivity index is 1.67. The quantitative estimate of drug-likeness (QED) is 0.752. The van der Waals surface area contributed by atoms with E-state index >= 15 is 0 Å². The summed E-state index contributed by atoms with van der Waals surface area (Å²) in [5.74, 6) is 2.12. The highest BCUT2D eigenvalue weighted by Gasteiger charge is 2.21. The average molecular weight is 304 g/mol. The SMILES string of the molecule is C1=CN2CCSN=C2C(c2ccc(-c3ccccc3)cc2)=C1. The Morgan fingerprint density at radius 2 is 1.59 bits per heavy atom. The summed E-state index contributed by atoms with van der Waals surface area (Å²) in [4.78, 5) is 2.23. The maximum Gasteiger partial charge on any atom is 0.148 e. The van der Waals surface area contributed by atoms with Crippen LogP contribution >= 0.6 is 11.9 Å². The minimum Gasteiger partial charge on any atom is -0.331 e. The first-order valence-corrected chi connectivity index (χ1v) is 8.37. The molecule has 0 amide bonds. The Morgan fingerprint density at radius 3 is 2.41 bits per heavy atom. The molecule has 0 saturated heterocycles. The van der Waals surface area contributed by atoms with Crippen molar-refractivity contribution in [2.24, 2.45) is 4.40 Å². The Kier molecular flexibility index (Phi) is 3.57. The van der Waals surface area contributed by atoms with E-state index in [0.717, 1.165) is 18.1 Å². The highest BCUT2D eigenvalue weighted by molar-refractivity contribution is 7.98. The summed E-state index contributed by atoms with van der Waals surface area (Å²) < 4.78 is 4.63. The summed E-state index contributed by atoms with van der Waals surface area (Å²) in [5, 5.41) is 0. The normalized spacial score (nSPS) is 16.8. The summed E-state index contributed by atoms with van der Waals surface area (Å²) in [6.45, 7) is 1.03. The predicted molar refractivity (Wildman–Crippen MR) is 95.6 cm³/mol. The smallest absolute Gasteiger partial charge is 0.148 e. The van der Waals surface area contributed by atoms with E-state index in [1.807, 2.05) is 6.07 Å². The third-order valence-corrected chi connectivity index (χ3v) is 4.59. The molecule has 2 aromatic rings. The fourth-order valence-electron chi connectivity index (χ4n) is 2.77. The molecule has 0 aliphatic carbocycles. The summed E-state index contributed by atoms with van der Waals surface area (Å²) >= 11 is 1.65. The molecule has 2 nitrogen and oxygen atoms in total. The first-order valence-electron chi connectivity index (χ1n) is 7.43. The molecule has 0 bridgehead atoms. The van der Waals surface area contributed by atoms with Crippen molar-refractivity contribution in [3.8, 4) is 11.1 Å². The van der Waals surface area contributed by atoms with E-state index in [2.05, 4.69) is 76.2 Å². The first kappa shape index (κ1) is 13.4. The van der Waals surface area contributed by atoms with Crippen molar-refractivity contribution in [1.29, 1.82) is 0 Å². The van der Waals surface area contributed by atoms with Gasteiger partial charge in [-0.1, -0.05) is 54.6 Å². The van der Waals surface area contributed by atoms with E-state index in [-0.39, 0.29) is 0 Å². The van der Waals surface area contributed by atoms with Crippen LogP contribution in [0.25, 0.3) is 16.7 Å². The van der Waals surface area contributed by atoms with Gasteiger partial charge in [-0.15, -0.1) is 0 Å². The highest BCUT2D eigenvalue weighted by Crippen LogP contribution is 2.28. The van der Waals surface area contributed by atoms with Gasteiger partial charge in [-0.2, -0.15) is 4.40 Å². The van der Waals surface area contributed by atoms with Gasteiger partial charge in [-0.25, -0.2) is 0 Å². The van der Waals surface area contributed by atoms with Crippen LogP contribution in [0.15, 0.2) is 77.3 Å². The zero-order valence-electron chi connectivity index (χ0n) is 12.1. The molecule has 0 saturated carbocycles. The number of hydrogen-bond donors (Lipinski definition) is 0. The lowest BCUT2D eigenvalue weighted by atomic mass is 9.98. The standard InChI is InChI=1S/C19H16N2S/c1-2-5-15(6-3-1)16-8-10-17(11-9-16)18-7-4-12-21-13-14-22-20-19(18)21/h1-12H,13-14H2. The van der Waals surface area contributed by atoms with Crippen LogP contribution < -0.4 is 0 Å². The largest absolute Gasteiger partial charge is 0.331 e. The van der Waals surface area contributed by atoms with Gasteiger partial charge in [0, 0.05) is 24.1 Å². The first-order chi connectivity index (χ1) is 10.9. The van der Waals surface area contributed by atoms with Gasteiger partial charge in [0.25, 0.3) is 0 Å². The third kappa shape index (κ3) is 2.48. The van der Waals surface area contributed by atoms with Crippen LogP contribution in [0.4, 0.5) is 0 Å². The fourth-order valence-corrected chi connectivity index (χ4v) is 3.46. The van der Waals surface area contributed by atoms with Crippen LogP contribution in [0, 0.1) is 0 Å². The van der Waals surface area contributed by atoms with E-state index in [0.29, 0.717) is 0 Å². The fraction of sp³-hybridized carbons (Fsp3) is 0.105. The number of rotatable bonds is 2. The second-order valence-corrected chi connectivity index (χ2v) is 6.16. The molecule has 3 heteroatoms. The number of hydrogen-bond acceptors (Lipinski definition) is 3. The number of nitrogens with zero attached hydrogens (tertiary/aromatic N) is 2. The summed E-state index contributed by atoms with van der Waals surface area (Å²) in [6.07, 6.45) is 6.37. The van der Waals surface area contributed by atoms with Crippen molar-refractivity contribution in [1.82, 2.24) is 4.90 Å². The molecule has 2 aliphatic heterocycles. The van der Waals surface area contributed by atoms with Gasteiger partial charge in [0.15, 0.2) is 0 Å². The number of allylic oxidation sites excluding steroid dienone is 2. The Labute approximate surface area is 135 Å². The van der Waals surface area contributed by atoms with E-state index in [1.165, 1.54) is 22.3 Å². The highest BCUT2D eigenvalue weighted by atomic mass is 32.2. The molecule has 0 aromatic heterocycles. The third-order valence-electron chi connectivity index (χ3n) is 3.92. The number of amidine groups is 1. The maximum atomic E-state index is 4.63. The molecule has 0 fully saturated rings. The molecule has 0 radical (unpaired) electrons. The van der Waals surface area contributed by atoms with E-state index in [4.69, 9.17) is 0 Å². The van der Waals surface area contributed by atoms with Crippen LogP contribution in [0.1, 0.15) is 5.56 Å². The van der Waals surface area contributed by atoms with Gasteiger partial charge in [0.05, 0.1) is 0 Å². The van der Waals surface area contributed by atoms with Crippen LogP contribution in [0.5, 0.6) is 0 Å². The van der Waals surface area contributed by atoms with Crippen LogP contribution in [-0.2, 0) is 0 Å². The molecule has 2 heterocycles. The zero-order chi connectivity index (χ0) is 14.8. The Hall–Kier alpha value is -2.26. The van der Waals surface area contributed by atoms with Gasteiger partial charge in [0.2, 0.25) is 0 Å². The van der Waals surface area contributed by atoms with Crippen molar-refractivity contribution < 1.29 is 0 Å². The van der Waals surface area contributed by atoms with Crippen molar-refractivity contribution in [2.75, 3.05) is 12.3 Å². The molecule has 0 N–H and O–H groups in total. The van der Waals surface area contributed by atoms with Gasteiger partial charge in [0.1, 0.15) is 5.84 Å². The molecule has 0 atom stereocenters. The van der Waals surface area contributed by atoms with Gasteiger partial charge < -0.3 is 4.90 Å². The topological polar surface area (TPSA) is 15.6 Å².